The van der Waals surface area contributed by atoms with Crippen LogP contribution in [-0.4, -0.2) is 44.5 Å². The minimum Gasteiger partial charge on any atom is -0.478 e. The summed E-state index contributed by atoms with van der Waals surface area (Å²) in [7, 11) is 0. The second-order valence-electron chi connectivity index (χ2n) is 4.97. The second kappa shape index (κ2) is 6.91. The predicted molar refractivity (Wildman–Crippen MR) is 88.1 cm³/mol. The molecule has 0 aromatic carbocycles. The molecule has 2 aromatic rings. The summed E-state index contributed by atoms with van der Waals surface area (Å²) in [5.74, 6) is -0.858. The molecule has 124 valence electrons. The van der Waals surface area contributed by atoms with E-state index in [2.05, 4.69) is 4.98 Å². The standard InChI is InChI=1S/C15H19N3O4S/c1-4-10-16-13-12(9(8-23-13)15(21)22)14(20)18(10)7-11(19)17(5-2)6-3/h8H,4-7H2,1-3H3,(H,21,22). The highest BCUT2D eigenvalue weighted by molar-refractivity contribution is 7.17. The van der Waals surface area contributed by atoms with E-state index in [0.717, 1.165) is 11.3 Å². The van der Waals surface area contributed by atoms with Crippen LogP contribution in [0, 0.1) is 0 Å². The Hall–Kier alpha value is -2.22. The summed E-state index contributed by atoms with van der Waals surface area (Å²) in [5, 5.41) is 10.7. The van der Waals surface area contributed by atoms with Gasteiger partial charge in [0, 0.05) is 24.9 Å². The molecule has 1 amide bonds. The number of likely N-dealkylation sites (N-methyl/N-ethyl adjacent to an activating group) is 1. The van der Waals surface area contributed by atoms with Gasteiger partial charge in [-0.2, -0.15) is 0 Å². The van der Waals surface area contributed by atoms with E-state index < -0.39 is 11.5 Å². The summed E-state index contributed by atoms with van der Waals surface area (Å²) >= 11 is 1.13. The molecule has 0 unspecified atom stereocenters. The molecule has 23 heavy (non-hydrogen) atoms. The van der Waals surface area contributed by atoms with Gasteiger partial charge in [0.2, 0.25) is 5.91 Å². The Bertz CT molecular complexity index is 805. The first kappa shape index (κ1) is 17.1. The molecular weight excluding hydrogens is 318 g/mol. The number of carbonyl (C=O) groups excluding carboxylic acids is 1. The summed E-state index contributed by atoms with van der Waals surface area (Å²) in [4.78, 5) is 42.7. The van der Waals surface area contributed by atoms with Crippen molar-refractivity contribution in [3.05, 3.63) is 27.1 Å². The zero-order valence-electron chi connectivity index (χ0n) is 13.3. The highest BCUT2D eigenvalue weighted by Crippen LogP contribution is 2.21. The molecule has 0 saturated heterocycles. The van der Waals surface area contributed by atoms with Gasteiger partial charge in [0.15, 0.2) is 0 Å². The third kappa shape index (κ3) is 3.12. The molecule has 8 heteroatoms. The van der Waals surface area contributed by atoms with Crippen molar-refractivity contribution in [1.82, 2.24) is 14.5 Å². The normalized spacial score (nSPS) is 10.9. The SMILES string of the molecule is CCc1nc2scc(C(=O)O)c2c(=O)n1CC(=O)N(CC)CC. The number of aryl methyl sites for hydroxylation is 1. The molecule has 7 nitrogen and oxygen atoms in total. The number of fused-ring (bicyclic) bond motifs is 1. The molecule has 0 bridgehead atoms. The van der Waals surface area contributed by atoms with Crippen molar-refractivity contribution < 1.29 is 14.7 Å². The lowest BCUT2D eigenvalue weighted by molar-refractivity contribution is -0.131. The van der Waals surface area contributed by atoms with Crippen molar-refractivity contribution in [2.45, 2.75) is 33.7 Å². The van der Waals surface area contributed by atoms with Gasteiger partial charge in [-0.1, -0.05) is 6.92 Å². The van der Waals surface area contributed by atoms with Crippen molar-refractivity contribution in [2.24, 2.45) is 0 Å². The average Bonchev–Trinajstić information content (AvgIpc) is 2.95. The summed E-state index contributed by atoms with van der Waals surface area (Å²) in [6, 6.07) is 0. The largest absolute Gasteiger partial charge is 0.478 e. The summed E-state index contributed by atoms with van der Waals surface area (Å²) < 4.78 is 1.29. The Labute approximate surface area is 137 Å². The number of hydrogen-bond donors (Lipinski definition) is 1. The van der Waals surface area contributed by atoms with Crippen LogP contribution in [0.5, 0.6) is 0 Å². The van der Waals surface area contributed by atoms with E-state index in [4.69, 9.17) is 0 Å². The molecule has 1 N–H and O–H groups in total. The third-order valence-electron chi connectivity index (χ3n) is 3.73. The molecule has 0 spiro atoms. The van der Waals surface area contributed by atoms with Gasteiger partial charge in [-0.15, -0.1) is 11.3 Å². The molecule has 0 aliphatic heterocycles. The number of aromatic carboxylic acids is 1. The Morgan fingerprint density at radius 1 is 1.30 bits per heavy atom. The zero-order chi connectivity index (χ0) is 17.1. The van der Waals surface area contributed by atoms with E-state index in [9.17, 15) is 19.5 Å². The highest BCUT2D eigenvalue weighted by Gasteiger charge is 2.21. The lowest BCUT2D eigenvalue weighted by Crippen LogP contribution is -2.37. The highest BCUT2D eigenvalue weighted by atomic mass is 32.1. The van der Waals surface area contributed by atoms with Crippen molar-refractivity contribution in [1.29, 1.82) is 0 Å². The van der Waals surface area contributed by atoms with E-state index >= 15 is 0 Å². The minimum absolute atomic E-state index is 0.0609. The van der Waals surface area contributed by atoms with Crippen LogP contribution in [0.3, 0.4) is 0 Å². The Kier molecular flexibility index (Phi) is 5.15. The maximum absolute atomic E-state index is 12.7. The van der Waals surface area contributed by atoms with Gasteiger partial charge in [-0.25, -0.2) is 9.78 Å². The number of thiophene rings is 1. The summed E-state index contributed by atoms with van der Waals surface area (Å²) in [6.07, 6.45) is 0.483. The molecule has 0 aliphatic rings. The van der Waals surface area contributed by atoms with Crippen LogP contribution in [0.1, 0.15) is 37.0 Å². The van der Waals surface area contributed by atoms with E-state index in [1.807, 2.05) is 20.8 Å². The van der Waals surface area contributed by atoms with Gasteiger partial charge >= 0.3 is 5.97 Å². The van der Waals surface area contributed by atoms with Crippen molar-refractivity contribution in [3.8, 4) is 0 Å². The minimum atomic E-state index is -1.17. The van der Waals surface area contributed by atoms with Crippen LogP contribution in [-0.2, 0) is 17.8 Å². The Morgan fingerprint density at radius 3 is 2.48 bits per heavy atom. The fourth-order valence-electron chi connectivity index (χ4n) is 2.47. The van der Waals surface area contributed by atoms with Crippen LogP contribution >= 0.6 is 11.3 Å². The van der Waals surface area contributed by atoms with E-state index in [1.54, 1.807) is 4.90 Å². The van der Waals surface area contributed by atoms with E-state index in [1.165, 1.54) is 9.95 Å². The smallest absolute Gasteiger partial charge is 0.337 e. The molecule has 0 radical (unpaired) electrons. The quantitative estimate of drug-likeness (QED) is 0.864. The number of carboxylic acid groups (broad SMARTS) is 1. The zero-order valence-corrected chi connectivity index (χ0v) is 14.1. The van der Waals surface area contributed by atoms with Crippen LogP contribution in [0.25, 0.3) is 10.2 Å². The predicted octanol–water partition coefficient (Wildman–Crippen LogP) is 1.59. The van der Waals surface area contributed by atoms with Crippen LogP contribution in [0.2, 0.25) is 0 Å². The van der Waals surface area contributed by atoms with Gasteiger partial charge in [0.1, 0.15) is 17.2 Å². The lowest BCUT2D eigenvalue weighted by atomic mass is 10.2. The number of carbonyl (C=O) groups is 2. The number of carboxylic acids is 1. The van der Waals surface area contributed by atoms with Gasteiger partial charge in [-0.3, -0.25) is 14.2 Å². The fraction of sp³-hybridized carbons (Fsp3) is 0.467. The monoisotopic (exact) mass is 337 g/mol. The molecule has 0 saturated carbocycles. The average molecular weight is 337 g/mol. The van der Waals surface area contributed by atoms with E-state index in [0.29, 0.717) is 30.2 Å². The summed E-state index contributed by atoms with van der Waals surface area (Å²) in [6.45, 7) is 6.57. The number of rotatable bonds is 6. The van der Waals surface area contributed by atoms with E-state index in [-0.39, 0.29) is 23.4 Å². The van der Waals surface area contributed by atoms with Crippen LogP contribution < -0.4 is 5.56 Å². The molecule has 2 aromatic heterocycles. The van der Waals surface area contributed by atoms with Gasteiger partial charge in [0.25, 0.3) is 5.56 Å². The molecule has 0 atom stereocenters. The maximum atomic E-state index is 12.7. The first-order valence-electron chi connectivity index (χ1n) is 7.46. The lowest BCUT2D eigenvalue weighted by Gasteiger charge is -2.20. The second-order valence-corrected chi connectivity index (χ2v) is 5.83. The molecule has 2 heterocycles. The number of aromatic nitrogens is 2. The molecular formula is C15H19N3O4S. The number of hydrogen-bond acceptors (Lipinski definition) is 5. The molecule has 0 fully saturated rings. The van der Waals surface area contributed by atoms with Gasteiger partial charge < -0.3 is 10.0 Å². The van der Waals surface area contributed by atoms with Crippen molar-refractivity contribution in [3.63, 3.8) is 0 Å². The fourth-order valence-corrected chi connectivity index (χ4v) is 3.39. The van der Waals surface area contributed by atoms with Gasteiger partial charge in [0.05, 0.1) is 10.9 Å². The first-order chi connectivity index (χ1) is 10.9. The first-order valence-corrected chi connectivity index (χ1v) is 8.34. The Morgan fingerprint density at radius 2 is 1.96 bits per heavy atom. The maximum Gasteiger partial charge on any atom is 0.337 e. The van der Waals surface area contributed by atoms with Crippen molar-refractivity contribution in [2.75, 3.05) is 13.1 Å². The molecule has 0 aliphatic carbocycles. The van der Waals surface area contributed by atoms with Crippen LogP contribution in [0.15, 0.2) is 10.2 Å². The number of nitrogens with zero attached hydrogens (tertiary/aromatic N) is 3. The van der Waals surface area contributed by atoms with Gasteiger partial charge in [-0.05, 0) is 13.8 Å². The van der Waals surface area contributed by atoms with Crippen molar-refractivity contribution >= 4 is 33.4 Å². The molecule has 2 rings (SSSR count). The van der Waals surface area contributed by atoms with Crippen LogP contribution in [0.4, 0.5) is 0 Å². The number of amides is 1. The Balaban J connectivity index is 2.60. The summed E-state index contributed by atoms with van der Waals surface area (Å²) in [5.41, 5.74) is -0.528. The topological polar surface area (TPSA) is 92.5 Å². The third-order valence-corrected chi connectivity index (χ3v) is 4.60.